The molecule has 33 heavy (non-hydrogen) atoms. The van der Waals surface area contributed by atoms with Crippen molar-refractivity contribution in [3.8, 4) is 17.2 Å². The summed E-state index contributed by atoms with van der Waals surface area (Å²) in [5.41, 5.74) is 0.314. The van der Waals surface area contributed by atoms with Gasteiger partial charge in [0.15, 0.2) is 16.7 Å². The second-order valence-corrected chi connectivity index (χ2v) is 7.23. The van der Waals surface area contributed by atoms with Gasteiger partial charge in [-0.05, 0) is 6.07 Å². The van der Waals surface area contributed by atoms with Gasteiger partial charge < -0.3 is 19.2 Å². The molecule has 0 aliphatic rings. The molecule has 0 saturated heterocycles. The summed E-state index contributed by atoms with van der Waals surface area (Å²) in [5.74, 6) is -1.86. The number of fused-ring (bicyclic) bond motifs is 1. The highest BCUT2D eigenvalue weighted by Crippen LogP contribution is 2.40. The summed E-state index contributed by atoms with van der Waals surface area (Å²) in [6, 6.07) is 4.45. The van der Waals surface area contributed by atoms with Crippen LogP contribution >= 0.6 is 11.8 Å². The first-order valence-electron chi connectivity index (χ1n) is 8.76. The number of methoxy groups -OCH3 is 1. The van der Waals surface area contributed by atoms with Gasteiger partial charge in [0.05, 0.1) is 23.8 Å². The van der Waals surface area contributed by atoms with E-state index in [0.29, 0.717) is 23.6 Å². The molecule has 15 heteroatoms. The van der Waals surface area contributed by atoms with Crippen molar-refractivity contribution in [3.05, 3.63) is 36.2 Å². The van der Waals surface area contributed by atoms with Crippen molar-refractivity contribution in [1.29, 1.82) is 0 Å². The predicted molar refractivity (Wildman–Crippen MR) is 99.6 cm³/mol. The van der Waals surface area contributed by atoms with Crippen LogP contribution in [0, 0.1) is 0 Å². The molecule has 3 aromatic rings. The number of thioether (sulfide) groups is 1. The molecular weight excluding hydrogens is 490 g/mol. The first kappa shape index (κ1) is 24.7. The molecular formula is C18H13F8N3O3S. The maximum absolute atomic E-state index is 13.4. The molecule has 0 unspecified atom stereocenters. The van der Waals surface area contributed by atoms with Crippen LogP contribution in [0.4, 0.5) is 35.1 Å². The highest BCUT2D eigenvalue weighted by Gasteiger charge is 2.47. The lowest BCUT2D eigenvalue weighted by atomic mass is 10.2. The lowest BCUT2D eigenvalue weighted by molar-refractivity contribution is -0.264. The third-order valence-corrected chi connectivity index (χ3v) is 4.81. The van der Waals surface area contributed by atoms with E-state index in [9.17, 15) is 35.1 Å². The highest BCUT2D eigenvalue weighted by molar-refractivity contribution is 7.98. The Morgan fingerprint density at radius 1 is 0.970 bits per heavy atom. The lowest BCUT2D eigenvalue weighted by Crippen LogP contribution is -2.35. The number of imidazole rings is 1. The number of aromatic amines is 1. The van der Waals surface area contributed by atoms with E-state index >= 15 is 0 Å². The molecule has 6 nitrogen and oxygen atoms in total. The van der Waals surface area contributed by atoms with E-state index in [-0.39, 0.29) is 21.9 Å². The normalized spacial score (nSPS) is 12.6. The monoisotopic (exact) mass is 503 g/mol. The van der Waals surface area contributed by atoms with Crippen LogP contribution in [0.2, 0.25) is 0 Å². The molecule has 0 bridgehead atoms. The van der Waals surface area contributed by atoms with Gasteiger partial charge in [0.1, 0.15) is 5.75 Å². The number of H-pyrrole nitrogens is 1. The zero-order valence-corrected chi connectivity index (χ0v) is 17.1. The molecule has 2 aromatic heterocycles. The topological polar surface area (TPSA) is 69.3 Å². The smallest absolute Gasteiger partial charge is 0.461 e. The number of nitrogens with zero attached hydrogens (tertiary/aromatic N) is 2. The zero-order chi connectivity index (χ0) is 24.4. The molecule has 0 saturated carbocycles. The second kappa shape index (κ2) is 9.49. The number of halogens is 8. The SMILES string of the molecule is COc1ccnc(CSc2nc3cc(OC(F)(F)C(F)F)c(OC(F)(F)C(F)F)cc3[nH]2)c1. The molecule has 1 aromatic carbocycles. The molecule has 0 atom stereocenters. The number of rotatable bonds is 10. The summed E-state index contributed by atoms with van der Waals surface area (Å²) in [6.45, 7) is 0. The largest absolute Gasteiger partial charge is 0.497 e. The minimum absolute atomic E-state index is 0.0936. The van der Waals surface area contributed by atoms with Gasteiger partial charge >= 0.3 is 25.1 Å². The number of alkyl halides is 8. The minimum atomic E-state index is -5.11. The van der Waals surface area contributed by atoms with Crippen LogP contribution in [-0.4, -0.2) is 47.1 Å². The molecule has 1 N–H and O–H groups in total. The molecule has 0 aliphatic carbocycles. The molecule has 0 spiro atoms. The molecule has 0 amide bonds. The van der Waals surface area contributed by atoms with Gasteiger partial charge in [-0.15, -0.1) is 0 Å². The third kappa shape index (κ3) is 5.89. The standard InChI is InChI=1S/C18H13F8N3O3S/c1-30-9-2-3-27-8(4-9)7-33-16-28-10-5-12(31-17(23,24)14(19)20)13(6-11(10)29-16)32-18(25,26)15(21)22/h2-6,14-15H,7H2,1H3,(H,28,29). The van der Waals surface area contributed by atoms with Crippen LogP contribution in [0.25, 0.3) is 11.0 Å². The van der Waals surface area contributed by atoms with Crippen molar-refractivity contribution in [2.24, 2.45) is 0 Å². The highest BCUT2D eigenvalue weighted by atomic mass is 32.2. The van der Waals surface area contributed by atoms with Crippen molar-refractivity contribution in [1.82, 2.24) is 15.0 Å². The Morgan fingerprint density at radius 3 is 2.15 bits per heavy atom. The molecule has 2 heterocycles. The van der Waals surface area contributed by atoms with Crippen LogP contribution in [0.3, 0.4) is 0 Å². The summed E-state index contributed by atoms with van der Waals surface area (Å²) < 4.78 is 116. The van der Waals surface area contributed by atoms with E-state index in [1.807, 2.05) is 0 Å². The van der Waals surface area contributed by atoms with Crippen LogP contribution < -0.4 is 14.2 Å². The number of hydrogen-bond donors (Lipinski definition) is 1. The van der Waals surface area contributed by atoms with E-state index in [0.717, 1.165) is 11.8 Å². The van der Waals surface area contributed by atoms with Crippen molar-refractivity contribution in [2.75, 3.05) is 7.11 Å². The van der Waals surface area contributed by atoms with Gasteiger partial charge in [-0.1, -0.05) is 11.8 Å². The van der Waals surface area contributed by atoms with E-state index in [1.54, 1.807) is 12.1 Å². The predicted octanol–water partition coefficient (Wildman–Crippen LogP) is 5.73. The van der Waals surface area contributed by atoms with Crippen LogP contribution in [0.1, 0.15) is 5.69 Å². The molecule has 0 aliphatic heterocycles. The summed E-state index contributed by atoms with van der Waals surface area (Å²) in [4.78, 5) is 10.8. The maximum Gasteiger partial charge on any atom is 0.461 e. The van der Waals surface area contributed by atoms with Crippen molar-refractivity contribution in [2.45, 2.75) is 36.0 Å². The molecule has 0 fully saturated rings. The van der Waals surface area contributed by atoms with Crippen molar-refractivity contribution < 1.29 is 49.3 Å². The van der Waals surface area contributed by atoms with E-state index in [4.69, 9.17) is 4.74 Å². The van der Waals surface area contributed by atoms with Gasteiger partial charge in [-0.25, -0.2) is 4.98 Å². The number of hydrogen-bond acceptors (Lipinski definition) is 6. The minimum Gasteiger partial charge on any atom is -0.497 e. The number of benzene rings is 1. The fraction of sp³-hybridized carbons (Fsp3) is 0.333. The first-order chi connectivity index (χ1) is 15.4. The Labute approximate surface area is 184 Å². The van der Waals surface area contributed by atoms with Gasteiger partial charge in [-0.2, -0.15) is 35.1 Å². The zero-order valence-electron chi connectivity index (χ0n) is 16.3. The number of nitrogens with one attached hydrogen (secondary N) is 1. The summed E-state index contributed by atoms with van der Waals surface area (Å²) in [5, 5.41) is 0.152. The Hall–Kier alpha value is -2.97. The van der Waals surface area contributed by atoms with Gasteiger partial charge in [-0.3, -0.25) is 4.98 Å². The van der Waals surface area contributed by atoms with Crippen molar-refractivity contribution in [3.63, 3.8) is 0 Å². The van der Waals surface area contributed by atoms with E-state index in [2.05, 4.69) is 24.4 Å². The second-order valence-electron chi connectivity index (χ2n) is 6.26. The third-order valence-electron chi connectivity index (χ3n) is 3.91. The summed E-state index contributed by atoms with van der Waals surface area (Å²) >= 11 is 1.06. The first-order valence-corrected chi connectivity index (χ1v) is 9.75. The van der Waals surface area contributed by atoms with Crippen LogP contribution in [0.15, 0.2) is 35.6 Å². The van der Waals surface area contributed by atoms with Crippen LogP contribution in [-0.2, 0) is 5.75 Å². The Bertz CT molecular complexity index is 1050. The maximum atomic E-state index is 13.4. The fourth-order valence-electron chi connectivity index (χ4n) is 2.41. The number of aromatic nitrogens is 3. The summed E-state index contributed by atoms with van der Waals surface area (Å²) in [6.07, 6.45) is -17.4. The molecule has 180 valence electrons. The molecule has 0 radical (unpaired) electrons. The van der Waals surface area contributed by atoms with E-state index < -0.39 is 36.6 Å². The Morgan fingerprint density at radius 2 is 1.58 bits per heavy atom. The Kier molecular flexibility index (Phi) is 7.09. The lowest BCUT2D eigenvalue weighted by Gasteiger charge is -2.22. The molecule has 3 rings (SSSR count). The quantitative estimate of drug-likeness (QED) is 0.282. The average Bonchev–Trinajstić information content (AvgIpc) is 3.13. The van der Waals surface area contributed by atoms with E-state index in [1.165, 1.54) is 13.3 Å². The van der Waals surface area contributed by atoms with Gasteiger partial charge in [0.2, 0.25) is 0 Å². The Balaban J connectivity index is 1.93. The summed E-state index contributed by atoms with van der Waals surface area (Å²) in [7, 11) is 1.46. The van der Waals surface area contributed by atoms with Gasteiger partial charge in [0.25, 0.3) is 0 Å². The average molecular weight is 503 g/mol. The van der Waals surface area contributed by atoms with Crippen LogP contribution in [0.5, 0.6) is 17.2 Å². The number of pyridine rings is 1. The van der Waals surface area contributed by atoms with Gasteiger partial charge in [0, 0.05) is 30.1 Å². The fourth-order valence-corrected chi connectivity index (χ4v) is 3.20. The number of ether oxygens (including phenoxy) is 3. The van der Waals surface area contributed by atoms with Crippen molar-refractivity contribution >= 4 is 22.8 Å².